The summed E-state index contributed by atoms with van der Waals surface area (Å²) < 4.78 is 5.10. The number of aliphatic hydroxyl groups is 1. The topological polar surface area (TPSA) is 91.5 Å². The van der Waals surface area contributed by atoms with Gasteiger partial charge in [-0.05, 0) is 31.4 Å². The van der Waals surface area contributed by atoms with Crippen LogP contribution in [0.1, 0.15) is 41.4 Å². The summed E-state index contributed by atoms with van der Waals surface area (Å²) in [6.07, 6.45) is 5.33. The van der Waals surface area contributed by atoms with Gasteiger partial charge in [-0.15, -0.1) is 0 Å². The minimum absolute atomic E-state index is 0.152. The molecule has 2 aliphatic rings. The Morgan fingerprint density at radius 1 is 1.38 bits per heavy atom. The molecule has 2 aromatic heterocycles. The van der Waals surface area contributed by atoms with Crippen LogP contribution in [0.4, 0.5) is 5.82 Å². The molecule has 2 fully saturated rings. The lowest BCUT2D eigenvalue weighted by atomic mass is 9.78. The Balaban J connectivity index is 1.34. The molecule has 2 N–H and O–H groups in total. The van der Waals surface area contributed by atoms with E-state index in [-0.39, 0.29) is 18.1 Å². The average Bonchev–Trinajstić information content (AvgIpc) is 3.22. The Labute approximate surface area is 139 Å². The molecule has 2 aromatic rings. The number of carbonyl (C=O) groups excluding carboxylic acids is 1. The molecule has 0 bridgehead atoms. The maximum absolute atomic E-state index is 12.0. The minimum atomic E-state index is -0.270. The lowest BCUT2D eigenvalue weighted by molar-refractivity contribution is 0.0880. The van der Waals surface area contributed by atoms with Crippen LogP contribution in [-0.4, -0.2) is 46.2 Å². The molecule has 0 aromatic carbocycles. The van der Waals surface area contributed by atoms with Crippen LogP contribution in [0, 0.1) is 0 Å². The highest BCUT2D eigenvalue weighted by Gasteiger charge is 2.33. The highest BCUT2D eigenvalue weighted by molar-refractivity contribution is 5.91. The molecule has 4 rings (SSSR count). The second-order valence-corrected chi connectivity index (χ2v) is 6.51. The van der Waals surface area contributed by atoms with Gasteiger partial charge in [0.15, 0.2) is 5.76 Å². The van der Waals surface area contributed by atoms with E-state index >= 15 is 0 Å². The van der Waals surface area contributed by atoms with Crippen molar-refractivity contribution in [1.82, 2.24) is 15.3 Å². The Morgan fingerprint density at radius 2 is 2.25 bits per heavy atom. The molecule has 126 valence electrons. The number of β-amino-alcohol motifs (C(OH)–C–C–N with tert-alkyl or cyclic N) is 1. The summed E-state index contributed by atoms with van der Waals surface area (Å²) in [7, 11) is 0. The number of hydrogen-bond donors (Lipinski definition) is 2. The molecule has 0 spiro atoms. The lowest BCUT2D eigenvalue weighted by Crippen LogP contribution is -2.43. The van der Waals surface area contributed by atoms with Gasteiger partial charge in [0, 0.05) is 36.8 Å². The van der Waals surface area contributed by atoms with E-state index in [1.54, 1.807) is 18.5 Å². The van der Waals surface area contributed by atoms with Gasteiger partial charge >= 0.3 is 0 Å². The van der Waals surface area contributed by atoms with Crippen LogP contribution in [-0.2, 0) is 0 Å². The lowest BCUT2D eigenvalue weighted by Gasteiger charge is -2.35. The van der Waals surface area contributed by atoms with E-state index in [0.717, 1.165) is 37.3 Å². The molecule has 1 unspecified atom stereocenters. The summed E-state index contributed by atoms with van der Waals surface area (Å²) >= 11 is 0. The number of amides is 1. The van der Waals surface area contributed by atoms with Crippen LogP contribution in [0.25, 0.3) is 0 Å². The van der Waals surface area contributed by atoms with Gasteiger partial charge in [-0.25, -0.2) is 9.97 Å². The van der Waals surface area contributed by atoms with Crippen molar-refractivity contribution in [3.05, 3.63) is 42.2 Å². The first-order chi connectivity index (χ1) is 11.7. The number of aromatic nitrogens is 2. The van der Waals surface area contributed by atoms with Crippen LogP contribution < -0.4 is 10.2 Å². The molecule has 0 radical (unpaired) electrons. The van der Waals surface area contributed by atoms with Gasteiger partial charge in [-0.3, -0.25) is 4.79 Å². The molecule has 1 saturated heterocycles. The first kappa shape index (κ1) is 15.1. The average molecular weight is 328 g/mol. The van der Waals surface area contributed by atoms with E-state index in [4.69, 9.17) is 4.42 Å². The zero-order chi connectivity index (χ0) is 16.5. The van der Waals surface area contributed by atoms with Gasteiger partial charge in [0.2, 0.25) is 0 Å². The fourth-order valence-electron chi connectivity index (χ4n) is 3.35. The van der Waals surface area contributed by atoms with Crippen molar-refractivity contribution in [1.29, 1.82) is 0 Å². The second-order valence-electron chi connectivity index (χ2n) is 6.51. The predicted molar refractivity (Wildman–Crippen MR) is 86.8 cm³/mol. The first-order valence-corrected chi connectivity index (χ1v) is 8.28. The number of furan rings is 1. The largest absolute Gasteiger partial charge is 0.459 e. The summed E-state index contributed by atoms with van der Waals surface area (Å²) in [5.41, 5.74) is 1.00. The van der Waals surface area contributed by atoms with E-state index in [1.807, 2.05) is 6.07 Å². The van der Waals surface area contributed by atoms with Gasteiger partial charge < -0.3 is 19.7 Å². The first-order valence-electron chi connectivity index (χ1n) is 8.28. The fourth-order valence-corrected chi connectivity index (χ4v) is 3.35. The third-order valence-corrected chi connectivity index (χ3v) is 4.80. The third-order valence-electron chi connectivity index (χ3n) is 4.80. The Hall–Kier alpha value is -2.41. The number of nitrogens with zero attached hydrogens (tertiary/aromatic N) is 3. The van der Waals surface area contributed by atoms with Crippen LogP contribution in [0.15, 0.2) is 35.2 Å². The number of carbonyl (C=O) groups is 1. The van der Waals surface area contributed by atoms with Crippen molar-refractivity contribution in [2.24, 2.45) is 0 Å². The third kappa shape index (κ3) is 2.99. The van der Waals surface area contributed by atoms with Crippen LogP contribution in [0.3, 0.4) is 0 Å². The van der Waals surface area contributed by atoms with E-state index in [9.17, 15) is 9.90 Å². The molecular formula is C17H20N4O3. The zero-order valence-electron chi connectivity index (χ0n) is 13.3. The quantitative estimate of drug-likeness (QED) is 0.879. The fraction of sp³-hybridized carbons (Fsp3) is 0.471. The molecule has 24 heavy (non-hydrogen) atoms. The van der Waals surface area contributed by atoms with E-state index in [0.29, 0.717) is 18.2 Å². The molecule has 1 atom stereocenters. The van der Waals surface area contributed by atoms with Gasteiger partial charge in [0.1, 0.15) is 12.1 Å². The van der Waals surface area contributed by atoms with E-state index in [2.05, 4.69) is 20.2 Å². The maximum atomic E-state index is 12.0. The van der Waals surface area contributed by atoms with E-state index < -0.39 is 0 Å². The summed E-state index contributed by atoms with van der Waals surface area (Å²) in [5.74, 6) is 1.38. The number of nitrogens with one attached hydrogen (secondary N) is 1. The zero-order valence-corrected chi connectivity index (χ0v) is 13.3. The molecular weight excluding hydrogens is 308 g/mol. The summed E-state index contributed by atoms with van der Waals surface area (Å²) in [4.78, 5) is 22.7. The molecule has 1 saturated carbocycles. The maximum Gasteiger partial charge on any atom is 0.287 e. The van der Waals surface area contributed by atoms with Gasteiger partial charge in [0.25, 0.3) is 5.91 Å². The van der Waals surface area contributed by atoms with E-state index in [1.165, 1.54) is 6.26 Å². The summed E-state index contributed by atoms with van der Waals surface area (Å²) in [6.45, 7) is 1.45. The highest BCUT2D eigenvalue weighted by atomic mass is 16.3. The number of anilines is 1. The second kappa shape index (κ2) is 6.24. The molecule has 1 amide bonds. The number of rotatable bonds is 4. The normalized spacial score (nSPS) is 26.2. The van der Waals surface area contributed by atoms with Crippen LogP contribution in [0.2, 0.25) is 0 Å². The molecule has 3 heterocycles. The Bertz CT molecular complexity index is 712. The van der Waals surface area contributed by atoms with Crippen molar-refractivity contribution in [2.75, 3.05) is 18.0 Å². The van der Waals surface area contributed by atoms with Gasteiger partial charge in [-0.2, -0.15) is 0 Å². The number of aliphatic hydroxyl groups excluding tert-OH is 1. The summed E-state index contributed by atoms with van der Waals surface area (Å²) in [6, 6.07) is 5.52. The van der Waals surface area contributed by atoms with Crippen molar-refractivity contribution < 1.29 is 14.3 Å². The predicted octanol–water partition coefficient (Wildman–Crippen LogP) is 1.32. The summed E-state index contributed by atoms with van der Waals surface area (Å²) in [5, 5.41) is 12.6. The van der Waals surface area contributed by atoms with Crippen molar-refractivity contribution in [2.45, 2.75) is 37.3 Å². The van der Waals surface area contributed by atoms with Gasteiger partial charge in [-0.1, -0.05) is 0 Å². The molecule has 1 aliphatic heterocycles. The van der Waals surface area contributed by atoms with Crippen molar-refractivity contribution in [3.63, 3.8) is 0 Å². The Kier molecular flexibility index (Phi) is 3.93. The monoisotopic (exact) mass is 328 g/mol. The SMILES string of the molecule is O=C(NC1CC(c2cc(N3CCC(O)C3)ncn2)C1)c1ccco1. The van der Waals surface area contributed by atoms with Crippen LogP contribution >= 0.6 is 0 Å². The van der Waals surface area contributed by atoms with Crippen molar-refractivity contribution >= 4 is 11.7 Å². The minimum Gasteiger partial charge on any atom is -0.459 e. The van der Waals surface area contributed by atoms with Gasteiger partial charge in [0.05, 0.1) is 12.4 Å². The molecule has 7 nitrogen and oxygen atoms in total. The molecule has 1 aliphatic carbocycles. The number of hydrogen-bond acceptors (Lipinski definition) is 6. The standard InChI is InChI=1S/C17H20N4O3/c22-13-3-4-21(9-13)16-8-14(18-10-19-16)11-6-12(7-11)20-17(23)15-2-1-5-24-15/h1-2,5,8,10-13,22H,3-4,6-7,9H2,(H,20,23). The Morgan fingerprint density at radius 3 is 2.96 bits per heavy atom. The molecule has 7 heteroatoms. The highest BCUT2D eigenvalue weighted by Crippen LogP contribution is 2.37. The van der Waals surface area contributed by atoms with Crippen molar-refractivity contribution in [3.8, 4) is 0 Å². The smallest absolute Gasteiger partial charge is 0.287 e. The van der Waals surface area contributed by atoms with Crippen LogP contribution in [0.5, 0.6) is 0 Å².